The lowest BCUT2D eigenvalue weighted by Gasteiger charge is -2.29. The minimum absolute atomic E-state index is 0. The van der Waals surface area contributed by atoms with Crippen LogP contribution in [0.3, 0.4) is 0 Å². The molecule has 134 valence electrons. The number of nitrogens with zero attached hydrogens (tertiary/aromatic N) is 1. The van der Waals surface area contributed by atoms with Crippen LogP contribution in [0.5, 0.6) is 0 Å². The summed E-state index contributed by atoms with van der Waals surface area (Å²) in [6.45, 7) is 6.67. The third-order valence-electron chi connectivity index (χ3n) is 3.86. The predicted octanol–water partition coefficient (Wildman–Crippen LogP) is 0.0249. The lowest BCUT2D eigenvalue weighted by atomic mass is 10.1. The van der Waals surface area contributed by atoms with Gasteiger partial charge in [0.1, 0.15) is 6.04 Å². The molecule has 1 heterocycles. The number of nitrogens with one attached hydrogen (secondary N) is 2. The summed E-state index contributed by atoms with van der Waals surface area (Å²) in [5.74, 6) is -0.816. The molecule has 0 radical (unpaired) electrons. The Hall–Kier alpha value is -1.34. The van der Waals surface area contributed by atoms with Gasteiger partial charge in [-0.15, -0.1) is 12.4 Å². The van der Waals surface area contributed by atoms with E-state index in [1.165, 1.54) is 0 Å². The van der Waals surface area contributed by atoms with E-state index in [1.807, 2.05) is 13.8 Å². The van der Waals surface area contributed by atoms with Crippen molar-refractivity contribution in [2.75, 3.05) is 19.6 Å². The number of hydrogen-bond acceptors (Lipinski definition) is 4. The minimum atomic E-state index is -0.639. The van der Waals surface area contributed by atoms with E-state index >= 15 is 0 Å². The number of amides is 3. The topological polar surface area (TPSA) is 105 Å². The van der Waals surface area contributed by atoms with Gasteiger partial charge in [-0.2, -0.15) is 0 Å². The van der Waals surface area contributed by atoms with Gasteiger partial charge in [-0.05, 0) is 32.1 Å². The Morgan fingerprint density at radius 3 is 2.17 bits per heavy atom. The van der Waals surface area contributed by atoms with E-state index in [0.29, 0.717) is 0 Å². The van der Waals surface area contributed by atoms with Crippen LogP contribution < -0.4 is 16.4 Å². The van der Waals surface area contributed by atoms with E-state index in [1.54, 1.807) is 11.8 Å². The standard InChI is InChI=1S/C15H28N4O3.ClH/c1-10(2)13(16)14(21)17-9-12(20)18-11(3)15(22)19-7-5-4-6-8-19;/h10-11,13H,4-9,16H2,1-3H3,(H,17,21)(H,18,20);1H/t11?,13-;/m0./s1. The zero-order valence-electron chi connectivity index (χ0n) is 14.1. The average molecular weight is 349 g/mol. The Morgan fingerprint density at radius 1 is 1.09 bits per heavy atom. The van der Waals surface area contributed by atoms with Crippen LogP contribution in [-0.4, -0.2) is 54.3 Å². The highest BCUT2D eigenvalue weighted by molar-refractivity contribution is 5.90. The van der Waals surface area contributed by atoms with Gasteiger partial charge < -0.3 is 21.3 Å². The van der Waals surface area contributed by atoms with Gasteiger partial charge in [0.25, 0.3) is 0 Å². The van der Waals surface area contributed by atoms with Crippen molar-refractivity contribution in [1.82, 2.24) is 15.5 Å². The van der Waals surface area contributed by atoms with Crippen molar-refractivity contribution in [3.05, 3.63) is 0 Å². The molecule has 0 aromatic carbocycles. The molecule has 1 unspecified atom stereocenters. The molecule has 0 bridgehead atoms. The van der Waals surface area contributed by atoms with Gasteiger partial charge in [0, 0.05) is 13.1 Å². The van der Waals surface area contributed by atoms with Crippen molar-refractivity contribution in [2.45, 2.75) is 52.1 Å². The first-order valence-electron chi connectivity index (χ1n) is 7.94. The first-order valence-corrected chi connectivity index (χ1v) is 7.94. The Labute approximate surface area is 144 Å². The summed E-state index contributed by atoms with van der Waals surface area (Å²) in [5.41, 5.74) is 5.69. The van der Waals surface area contributed by atoms with Gasteiger partial charge in [-0.1, -0.05) is 13.8 Å². The van der Waals surface area contributed by atoms with Gasteiger partial charge in [0.05, 0.1) is 12.6 Å². The molecule has 8 heteroatoms. The normalized spacial score (nSPS) is 17.0. The van der Waals surface area contributed by atoms with Crippen molar-refractivity contribution in [1.29, 1.82) is 0 Å². The van der Waals surface area contributed by atoms with Crippen LogP contribution in [0.2, 0.25) is 0 Å². The Morgan fingerprint density at radius 2 is 1.65 bits per heavy atom. The minimum Gasteiger partial charge on any atom is -0.346 e. The summed E-state index contributed by atoms with van der Waals surface area (Å²) in [5, 5.41) is 5.10. The number of carbonyl (C=O) groups excluding carboxylic acids is 3. The molecule has 23 heavy (non-hydrogen) atoms. The van der Waals surface area contributed by atoms with Crippen molar-refractivity contribution in [3.63, 3.8) is 0 Å². The first kappa shape index (κ1) is 21.7. The van der Waals surface area contributed by atoms with Gasteiger partial charge in [0.15, 0.2) is 0 Å². The molecule has 0 spiro atoms. The molecule has 4 N–H and O–H groups in total. The second kappa shape index (κ2) is 10.4. The van der Waals surface area contributed by atoms with Crippen LogP contribution in [0.25, 0.3) is 0 Å². The van der Waals surface area contributed by atoms with Crippen molar-refractivity contribution < 1.29 is 14.4 Å². The van der Waals surface area contributed by atoms with E-state index in [-0.39, 0.29) is 42.6 Å². The van der Waals surface area contributed by atoms with Gasteiger partial charge >= 0.3 is 0 Å². The highest BCUT2D eigenvalue weighted by Gasteiger charge is 2.24. The van der Waals surface area contributed by atoms with Crippen LogP contribution in [0.1, 0.15) is 40.0 Å². The van der Waals surface area contributed by atoms with E-state index in [9.17, 15) is 14.4 Å². The summed E-state index contributed by atoms with van der Waals surface area (Å²) < 4.78 is 0. The number of piperidine rings is 1. The molecule has 3 amide bonds. The molecule has 7 nitrogen and oxygen atoms in total. The van der Waals surface area contributed by atoms with Gasteiger partial charge in [-0.3, -0.25) is 14.4 Å². The largest absolute Gasteiger partial charge is 0.346 e. The SMILES string of the molecule is CC(NC(=O)CNC(=O)[C@@H](N)C(C)C)C(=O)N1CCCCC1.Cl. The average Bonchev–Trinajstić information content (AvgIpc) is 2.51. The summed E-state index contributed by atoms with van der Waals surface area (Å²) in [6.07, 6.45) is 3.16. The van der Waals surface area contributed by atoms with Crippen LogP contribution in [0.4, 0.5) is 0 Å². The van der Waals surface area contributed by atoms with Crippen LogP contribution >= 0.6 is 12.4 Å². The van der Waals surface area contributed by atoms with Crippen LogP contribution in [0, 0.1) is 5.92 Å². The fourth-order valence-electron chi connectivity index (χ4n) is 2.33. The van der Waals surface area contributed by atoms with Crippen LogP contribution in [0.15, 0.2) is 0 Å². The van der Waals surface area contributed by atoms with Crippen molar-refractivity contribution in [2.24, 2.45) is 11.7 Å². The molecule has 0 aliphatic carbocycles. The Kier molecular flexibility index (Phi) is 9.83. The van der Waals surface area contributed by atoms with E-state index in [2.05, 4.69) is 10.6 Å². The molecular weight excluding hydrogens is 320 g/mol. The maximum Gasteiger partial charge on any atom is 0.244 e. The third kappa shape index (κ3) is 7.18. The third-order valence-corrected chi connectivity index (χ3v) is 3.86. The highest BCUT2D eigenvalue weighted by Crippen LogP contribution is 2.09. The van der Waals surface area contributed by atoms with Crippen molar-refractivity contribution >= 4 is 30.1 Å². The van der Waals surface area contributed by atoms with Gasteiger partial charge in [0.2, 0.25) is 17.7 Å². The Balaban J connectivity index is 0.00000484. The molecule has 0 saturated carbocycles. The molecule has 1 aliphatic heterocycles. The maximum absolute atomic E-state index is 12.2. The zero-order valence-corrected chi connectivity index (χ0v) is 14.9. The summed E-state index contributed by atoms with van der Waals surface area (Å²) in [4.78, 5) is 37.4. The van der Waals surface area contributed by atoms with Crippen LogP contribution in [-0.2, 0) is 14.4 Å². The van der Waals surface area contributed by atoms with Gasteiger partial charge in [-0.25, -0.2) is 0 Å². The lowest BCUT2D eigenvalue weighted by Crippen LogP contribution is -2.52. The number of rotatable bonds is 6. The molecule has 2 atom stereocenters. The lowest BCUT2D eigenvalue weighted by molar-refractivity contribution is -0.136. The smallest absolute Gasteiger partial charge is 0.244 e. The van der Waals surface area contributed by atoms with E-state index in [0.717, 1.165) is 32.4 Å². The molecule has 0 aromatic rings. The highest BCUT2D eigenvalue weighted by atomic mass is 35.5. The number of carbonyl (C=O) groups is 3. The molecule has 1 fully saturated rings. The van der Waals surface area contributed by atoms with E-state index in [4.69, 9.17) is 5.73 Å². The maximum atomic E-state index is 12.2. The van der Waals surface area contributed by atoms with Crippen molar-refractivity contribution in [3.8, 4) is 0 Å². The summed E-state index contributed by atoms with van der Waals surface area (Å²) in [7, 11) is 0. The quantitative estimate of drug-likeness (QED) is 0.629. The first-order chi connectivity index (χ1) is 10.3. The number of hydrogen-bond donors (Lipinski definition) is 3. The summed E-state index contributed by atoms with van der Waals surface area (Å²) >= 11 is 0. The fourth-order valence-corrected chi connectivity index (χ4v) is 2.33. The number of nitrogens with two attached hydrogens (primary N) is 1. The molecule has 1 rings (SSSR count). The fraction of sp³-hybridized carbons (Fsp3) is 0.800. The molecule has 0 aromatic heterocycles. The number of likely N-dealkylation sites (tertiary alicyclic amines) is 1. The summed E-state index contributed by atoms with van der Waals surface area (Å²) in [6, 6.07) is -1.22. The Bertz CT molecular complexity index is 412. The molecular formula is C15H29ClN4O3. The predicted molar refractivity (Wildman–Crippen MR) is 91.1 cm³/mol. The molecule has 1 saturated heterocycles. The monoisotopic (exact) mass is 348 g/mol. The second-order valence-corrected chi connectivity index (χ2v) is 6.16. The molecule has 1 aliphatic rings. The van der Waals surface area contributed by atoms with E-state index < -0.39 is 12.1 Å². The zero-order chi connectivity index (χ0) is 16.7. The second-order valence-electron chi connectivity index (χ2n) is 6.16. The number of halogens is 1.